The maximum absolute atomic E-state index is 4.90. The van der Waals surface area contributed by atoms with Crippen LogP contribution in [0.4, 0.5) is 5.82 Å². The van der Waals surface area contributed by atoms with Crippen LogP contribution in [0.1, 0.15) is 56.7 Å². The summed E-state index contributed by atoms with van der Waals surface area (Å²) in [6.45, 7) is 3.50. The molecule has 4 atom stereocenters. The second-order valence-corrected chi connectivity index (χ2v) is 6.21. The van der Waals surface area contributed by atoms with Crippen molar-refractivity contribution in [3.63, 3.8) is 0 Å². The van der Waals surface area contributed by atoms with Gasteiger partial charge in [-0.1, -0.05) is 19.8 Å². The van der Waals surface area contributed by atoms with Crippen molar-refractivity contribution in [2.24, 2.45) is 11.8 Å². The first kappa shape index (κ1) is 9.98. The third-order valence-electron chi connectivity index (χ3n) is 4.97. The second kappa shape index (κ2) is 3.50. The number of aromatic nitrogens is 2. The van der Waals surface area contributed by atoms with Gasteiger partial charge in [0.15, 0.2) is 0 Å². The zero-order chi connectivity index (χ0) is 11.4. The van der Waals surface area contributed by atoms with Crippen molar-refractivity contribution in [3.05, 3.63) is 11.8 Å². The van der Waals surface area contributed by atoms with Gasteiger partial charge in [-0.05, 0) is 31.1 Å². The monoisotopic (exact) mass is 231 g/mol. The Labute approximate surface area is 103 Å². The summed E-state index contributed by atoms with van der Waals surface area (Å²) in [7, 11) is 0. The molecule has 4 rings (SSSR count). The van der Waals surface area contributed by atoms with E-state index in [1.54, 1.807) is 0 Å². The van der Waals surface area contributed by atoms with Gasteiger partial charge in [0.25, 0.3) is 0 Å². The molecule has 3 aliphatic rings. The number of hydrogen-bond acceptors (Lipinski definition) is 2. The van der Waals surface area contributed by atoms with E-state index in [9.17, 15) is 0 Å². The standard InChI is InChI=1S/C14H21N3/c1-9-6-11(9)12-7-14-15-8-10-4-2-3-5-13(10)17(14)16-12/h7,9-11,13,15H,2-6,8H2,1H3. The van der Waals surface area contributed by atoms with Gasteiger partial charge < -0.3 is 5.32 Å². The predicted molar refractivity (Wildman–Crippen MR) is 68.2 cm³/mol. The van der Waals surface area contributed by atoms with E-state index in [2.05, 4.69) is 23.0 Å². The van der Waals surface area contributed by atoms with Gasteiger partial charge in [0.1, 0.15) is 5.82 Å². The van der Waals surface area contributed by atoms with E-state index in [4.69, 9.17) is 5.10 Å². The molecule has 1 aromatic heterocycles. The van der Waals surface area contributed by atoms with E-state index in [1.807, 2.05) is 0 Å². The van der Waals surface area contributed by atoms with Crippen LogP contribution in [0, 0.1) is 11.8 Å². The smallest absolute Gasteiger partial charge is 0.124 e. The maximum atomic E-state index is 4.90. The first-order chi connectivity index (χ1) is 8.33. The Balaban J connectivity index is 1.67. The van der Waals surface area contributed by atoms with Gasteiger partial charge in [-0.2, -0.15) is 5.10 Å². The quantitative estimate of drug-likeness (QED) is 0.804. The number of anilines is 1. The third-order valence-corrected chi connectivity index (χ3v) is 4.97. The van der Waals surface area contributed by atoms with E-state index < -0.39 is 0 Å². The van der Waals surface area contributed by atoms with Crippen molar-refractivity contribution in [1.29, 1.82) is 0 Å². The molecule has 4 unspecified atom stereocenters. The molecule has 0 amide bonds. The van der Waals surface area contributed by atoms with Crippen LogP contribution in [0.25, 0.3) is 0 Å². The van der Waals surface area contributed by atoms with E-state index >= 15 is 0 Å². The molecule has 0 spiro atoms. The molecule has 0 bridgehead atoms. The van der Waals surface area contributed by atoms with Crippen LogP contribution in [-0.4, -0.2) is 16.3 Å². The highest BCUT2D eigenvalue weighted by Gasteiger charge is 2.39. The van der Waals surface area contributed by atoms with Crippen LogP contribution in [0.5, 0.6) is 0 Å². The molecular formula is C14H21N3. The van der Waals surface area contributed by atoms with E-state index in [0.29, 0.717) is 6.04 Å². The molecule has 0 saturated heterocycles. The molecule has 92 valence electrons. The molecule has 3 heteroatoms. The largest absolute Gasteiger partial charge is 0.370 e. The minimum atomic E-state index is 0.683. The molecule has 2 fully saturated rings. The van der Waals surface area contributed by atoms with Gasteiger partial charge in [0.05, 0.1) is 11.7 Å². The third kappa shape index (κ3) is 1.51. The van der Waals surface area contributed by atoms with Gasteiger partial charge in [0.2, 0.25) is 0 Å². The molecule has 1 N–H and O–H groups in total. The average molecular weight is 231 g/mol. The van der Waals surface area contributed by atoms with E-state index in [-0.39, 0.29) is 0 Å². The molecule has 0 radical (unpaired) electrons. The Morgan fingerprint density at radius 1 is 1.35 bits per heavy atom. The molecular weight excluding hydrogens is 210 g/mol. The topological polar surface area (TPSA) is 29.9 Å². The fourth-order valence-electron chi connectivity index (χ4n) is 3.70. The molecule has 2 aliphatic carbocycles. The van der Waals surface area contributed by atoms with Crippen LogP contribution < -0.4 is 5.32 Å². The van der Waals surface area contributed by atoms with Crippen molar-refractivity contribution in [2.75, 3.05) is 11.9 Å². The summed E-state index contributed by atoms with van der Waals surface area (Å²) in [6, 6.07) is 2.99. The Morgan fingerprint density at radius 3 is 3.00 bits per heavy atom. The van der Waals surface area contributed by atoms with Crippen molar-refractivity contribution < 1.29 is 0 Å². The summed E-state index contributed by atoms with van der Waals surface area (Å²) in [6.07, 6.45) is 6.85. The van der Waals surface area contributed by atoms with Crippen LogP contribution in [0.3, 0.4) is 0 Å². The molecule has 1 aliphatic heterocycles. The lowest BCUT2D eigenvalue weighted by molar-refractivity contribution is 0.222. The van der Waals surface area contributed by atoms with Crippen LogP contribution in [-0.2, 0) is 0 Å². The molecule has 2 saturated carbocycles. The highest BCUT2D eigenvalue weighted by atomic mass is 15.4. The molecule has 1 aromatic rings. The number of hydrogen-bond donors (Lipinski definition) is 1. The fraction of sp³-hybridized carbons (Fsp3) is 0.786. The van der Waals surface area contributed by atoms with Crippen molar-refractivity contribution >= 4 is 5.82 Å². The number of nitrogens with zero attached hydrogens (tertiary/aromatic N) is 2. The Morgan fingerprint density at radius 2 is 2.18 bits per heavy atom. The minimum Gasteiger partial charge on any atom is -0.370 e. The summed E-state index contributed by atoms with van der Waals surface area (Å²) in [5.74, 6) is 3.70. The summed E-state index contributed by atoms with van der Waals surface area (Å²) >= 11 is 0. The minimum absolute atomic E-state index is 0.683. The van der Waals surface area contributed by atoms with Crippen LogP contribution >= 0.6 is 0 Å². The molecule has 2 heterocycles. The highest BCUT2D eigenvalue weighted by Crippen LogP contribution is 2.48. The second-order valence-electron chi connectivity index (χ2n) is 6.21. The van der Waals surface area contributed by atoms with Crippen LogP contribution in [0.15, 0.2) is 6.07 Å². The van der Waals surface area contributed by atoms with Gasteiger partial charge in [0, 0.05) is 18.5 Å². The van der Waals surface area contributed by atoms with Crippen molar-refractivity contribution in [3.8, 4) is 0 Å². The zero-order valence-corrected chi connectivity index (χ0v) is 10.5. The first-order valence-corrected chi connectivity index (χ1v) is 7.16. The number of rotatable bonds is 1. The van der Waals surface area contributed by atoms with E-state index in [1.165, 1.54) is 43.6 Å². The zero-order valence-electron chi connectivity index (χ0n) is 10.5. The predicted octanol–water partition coefficient (Wildman–Crippen LogP) is 3.16. The van der Waals surface area contributed by atoms with Crippen molar-refractivity contribution in [1.82, 2.24) is 9.78 Å². The summed E-state index contributed by atoms with van der Waals surface area (Å²) in [5, 5.41) is 8.48. The Bertz CT molecular complexity index is 437. The molecule has 17 heavy (non-hydrogen) atoms. The lowest BCUT2D eigenvalue weighted by Crippen LogP contribution is -2.35. The summed E-state index contributed by atoms with van der Waals surface area (Å²) in [5.41, 5.74) is 1.34. The van der Waals surface area contributed by atoms with Gasteiger partial charge in [-0.3, -0.25) is 0 Å². The number of fused-ring (bicyclic) bond motifs is 3. The normalized spacial score (nSPS) is 39.1. The lowest BCUT2D eigenvalue weighted by Gasteiger charge is -2.36. The molecule has 3 nitrogen and oxygen atoms in total. The van der Waals surface area contributed by atoms with Crippen molar-refractivity contribution in [2.45, 2.75) is 51.0 Å². The maximum Gasteiger partial charge on any atom is 0.124 e. The van der Waals surface area contributed by atoms with Crippen LogP contribution in [0.2, 0.25) is 0 Å². The summed E-state index contributed by atoms with van der Waals surface area (Å²) in [4.78, 5) is 0. The van der Waals surface area contributed by atoms with E-state index in [0.717, 1.165) is 24.3 Å². The summed E-state index contributed by atoms with van der Waals surface area (Å²) < 4.78 is 2.31. The Hall–Kier alpha value is -0.990. The Kier molecular flexibility index (Phi) is 2.06. The van der Waals surface area contributed by atoms with Gasteiger partial charge in [-0.25, -0.2) is 4.68 Å². The first-order valence-electron chi connectivity index (χ1n) is 7.16. The highest BCUT2D eigenvalue weighted by molar-refractivity contribution is 5.42. The van der Waals surface area contributed by atoms with Gasteiger partial charge in [-0.15, -0.1) is 0 Å². The lowest BCUT2D eigenvalue weighted by atomic mass is 9.83. The molecule has 0 aromatic carbocycles. The average Bonchev–Trinajstić information content (AvgIpc) is 2.93. The number of nitrogens with one attached hydrogen (secondary N) is 1. The fourth-order valence-corrected chi connectivity index (χ4v) is 3.70. The SMILES string of the molecule is CC1CC1c1cc2n(n1)C1CCCCC1CN2. The van der Waals surface area contributed by atoms with Gasteiger partial charge >= 0.3 is 0 Å².